The largest absolute Gasteiger partial charge is 0.374 e. The highest BCUT2D eigenvalue weighted by Crippen LogP contribution is 2.32. The van der Waals surface area contributed by atoms with Crippen LogP contribution in [0.3, 0.4) is 0 Å². The summed E-state index contributed by atoms with van der Waals surface area (Å²) in [7, 11) is 2.19. The van der Waals surface area contributed by atoms with Gasteiger partial charge in [0, 0.05) is 19.1 Å². The lowest BCUT2D eigenvalue weighted by Gasteiger charge is -2.42. The Morgan fingerprint density at radius 3 is 2.80 bits per heavy atom. The summed E-state index contributed by atoms with van der Waals surface area (Å²) in [6.07, 6.45) is 4.60. The van der Waals surface area contributed by atoms with Crippen LogP contribution in [0.5, 0.6) is 0 Å². The predicted octanol–water partition coefficient (Wildman–Crippen LogP) is 1.10. The third-order valence-corrected chi connectivity index (χ3v) is 3.79. The zero-order valence-electron chi connectivity index (χ0n) is 10.0. The van der Waals surface area contributed by atoms with Gasteiger partial charge in [-0.05, 0) is 32.4 Å². The van der Waals surface area contributed by atoms with Crippen molar-refractivity contribution in [1.29, 1.82) is 0 Å². The van der Waals surface area contributed by atoms with E-state index in [1.807, 2.05) is 0 Å². The highest BCUT2D eigenvalue weighted by atomic mass is 16.5. The fraction of sp³-hybridized carbons (Fsp3) is 1.00. The molecule has 3 nitrogen and oxygen atoms in total. The summed E-state index contributed by atoms with van der Waals surface area (Å²) in [6.45, 7) is 6.33. The highest BCUT2D eigenvalue weighted by Gasteiger charge is 2.35. The topological polar surface area (TPSA) is 24.5 Å². The van der Waals surface area contributed by atoms with E-state index in [1.165, 1.54) is 19.3 Å². The molecule has 0 amide bonds. The fourth-order valence-corrected chi connectivity index (χ4v) is 2.66. The zero-order chi connectivity index (χ0) is 10.7. The van der Waals surface area contributed by atoms with Gasteiger partial charge in [-0.1, -0.05) is 13.3 Å². The molecule has 1 N–H and O–H groups in total. The van der Waals surface area contributed by atoms with Crippen LogP contribution in [-0.2, 0) is 4.74 Å². The van der Waals surface area contributed by atoms with Crippen molar-refractivity contribution in [2.24, 2.45) is 5.92 Å². The first kappa shape index (κ1) is 11.4. The van der Waals surface area contributed by atoms with Crippen LogP contribution in [0.4, 0.5) is 0 Å². The molecule has 1 aliphatic heterocycles. The first-order valence-corrected chi connectivity index (χ1v) is 6.34. The van der Waals surface area contributed by atoms with Crippen molar-refractivity contribution in [2.75, 3.05) is 33.3 Å². The number of nitrogens with one attached hydrogen (secondary N) is 1. The second-order valence-corrected chi connectivity index (χ2v) is 4.95. The Bertz CT molecular complexity index is 194. The molecule has 2 unspecified atom stereocenters. The molecule has 1 saturated heterocycles. The lowest BCUT2D eigenvalue weighted by atomic mass is 9.77. The van der Waals surface area contributed by atoms with Crippen molar-refractivity contribution in [3.63, 3.8) is 0 Å². The van der Waals surface area contributed by atoms with Crippen LogP contribution in [0, 0.1) is 5.92 Å². The molecule has 0 aromatic rings. The van der Waals surface area contributed by atoms with Gasteiger partial charge in [-0.2, -0.15) is 0 Å². The van der Waals surface area contributed by atoms with Gasteiger partial charge in [0.15, 0.2) is 0 Å². The maximum atomic E-state index is 5.92. The molecule has 2 fully saturated rings. The Labute approximate surface area is 93.2 Å². The summed E-state index contributed by atoms with van der Waals surface area (Å²) < 4.78 is 5.92. The molecule has 15 heavy (non-hydrogen) atoms. The summed E-state index contributed by atoms with van der Waals surface area (Å²) in [6, 6.07) is 0.589. The molecular weight excluding hydrogens is 188 g/mol. The van der Waals surface area contributed by atoms with Gasteiger partial charge in [0.25, 0.3) is 0 Å². The van der Waals surface area contributed by atoms with Crippen LogP contribution in [0.2, 0.25) is 0 Å². The molecule has 88 valence electrons. The minimum Gasteiger partial charge on any atom is -0.374 e. The maximum Gasteiger partial charge on any atom is 0.0857 e. The second-order valence-electron chi connectivity index (χ2n) is 4.95. The van der Waals surface area contributed by atoms with Crippen molar-refractivity contribution in [2.45, 2.75) is 38.3 Å². The van der Waals surface area contributed by atoms with E-state index in [0.29, 0.717) is 12.1 Å². The van der Waals surface area contributed by atoms with Crippen molar-refractivity contribution in [3.05, 3.63) is 0 Å². The fourth-order valence-electron chi connectivity index (χ4n) is 2.66. The first-order valence-electron chi connectivity index (χ1n) is 6.34. The smallest absolute Gasteiger partial charge is 0.0857 e. The van der Waals surface area contributed by atoms with E-state index < -0.39 is 0 Å². The average molecular weight is 212 g/mol. The van der Waals surface area contributed by atoms with E-state index in [-0.39, 0.29) is 0 Å². The standard InChI is InChI=1S/C12H24N2O/c1-3-13-12(10-5-4-6-10)11-9-14(2)7-8-15-11/h10-13H,3-9H2,1-2H3. The van der Waals surface area contributed by atoms with Crippen LogP contribution in [-0.4, -0.2) is 50.3 Å². The number of nitrogens with zero attached hydrogens (tertiary/aromatic N) is 1. The molecule has 2 rings (SSSR count). The summed E-state index contributed by atoms with van der Waals surface area (Å²) in [5, 5.41) is 3.62. The molecule has 0 bridgehead atoms. The van der Waals surface area contributed by atoms with E-state index >= 15 is 0 Å². The summed E-state index contributed by atoms with van der Waals surface area (Å²) in [5.74, 6) is 0.862. The molecule has 1 heterocycles. The van der Waals surface area contributed by atoms with Gasteiger partial charge < -0.3 is 15.0 Å². The number of rotatable bonds is 4. The second kappa shape index (κ2) is 5.28. The van der Waals surface area contributed by atoms with Gasteiger partial charge in [-0.15, -0.1) is 0 Å². The molecule has 0 spiro atoms. The van der Waals surface area contributed by atoms with Crippen molar-refractivity contribution in [3.8, 4) is 0 Å². The molecule has 0 aromatic heterocycles. The van der Waals surface area contributed by atoms with Crippen LogP contribution >= 0.6 is 0 Å². The monoisotopic (exact) mass is 212 g/mol. The van der Waals surface area contributed by atoms with E-state index in [0.717, 1.165) is 32.2 Å². The minimum atomic E-state index is 0.411. The SMILES string of the molecule is CCNC(C1CCC1)C1CN(C)CCO1. The van der Waals surface area contributed by atoms with Crippen molar-refractivity contribution < 1.29 is 4.74 Å². The lowest BCUT2D eigenvalue weighted by molar-refractivity contribution is -0.0563. The van der Waals surface area contributed by atoms with Gasteiger partial charge >= 0.3 is 0 Å². The van der Waals surface area contributed by atoms with E-state index in [1.54, 1.807) is 0 Å². The maximum absolute atomic E-state index is 5.92. The van der Waals surface area contributed by atoms with Crippen LogP contribution in [0.15, 0.2) is 0 Å². The summed E-state index contributed by atoms with van der Waals surface area (Å²) >= 11 is 0. The Morgan fingerprint density at radius 1 is 1.47 bits per heavy atom. The predicted molar refractivity (Wildman–Crippen MR) is 62.0 cm³/mol. The summed E-state index contributed by atoms with van der Waals surface area (Å²) in [4.78, 5) is 2.39. The Balaban J connectivity index is 1.90. The molecule has 3 heteroatoms. The normalized spacial score (nSPS) is 31.2. The van der Waals surface area contributed by atoms with E-state index in [9.17, 15) is 0 Å². The van der Waals surface area contributed by atoms with E-state index in [4.69, 9.17) is 4.74 Å². The van der Waals surface area contributed by atoms with Gasteiger partial charge in [-0.3, -0.25) is 0 Å². The molecule has 1 aliphatic carbocycles. The Hall–Kier alpha value is -0.120. The molecular formula is C12H24N2O. The van der Waals surface area contributed by atoms with E-state index in [2.05, 4.69) is 24.2 Å². The third kappa shape index (κ3) is 2.71. The van der Waals surface area contributed by atoms with Crippen molar-refractivity contribution >= 4 is 0 Å². The van der Waals surface area contributed by atoms with Gasteiger partial charge in [0.05, 0.1) is 12.7 Å². The lowest BCUT2D eigenvalue weighted by Crippen LogP contribution is -2.55. The summed E-state index contributed by atoms with van der Waals surface area (Å²) in [5.41, 5.74) is 0. The molecule has 2 atom stereocenters. The zero-order valence-corrected chi connectivity index (χ0v) is 10.0. The van der Waals surface area contributed by atoms with Crippen LogP contribution in [0.25, 0.3) is 0 Å². The Kier molecular flexibility index (Phi) is 4.00. The molecule has 0 aromatic carbocycles. The highest BCUT2D eigenvalue weighted by molar-refractivity contribution is 4.90. The number of morpholine rings is 1. The quantitative estimate of drug-likeness (QED) is 0.755. The van der Waals surface area contributed by atoms with Gasteiger partial charge in [0.2, 0.25) is 0 Å². The van der Waals surface area contributed by atoms with Gasteiger partial charge in [-0.25, -0.2) is 0 Å². The van der Waals surface area contributed by atoms with Crippen molar-refractivity contribution in [1.82, 2.24) is 10.2 Å². The van der Waals surface area contributed by atoms with Crippen LogP contribution < -0.4 is 5.32 Å². The van der Waals surface area contributed by atoms with Crippen LogP contribution in [0.1, 0.15) is 26.2 Å². The first-order chi connectivity index (χ1) is 7.31. The molecule has 1 saturated carbocycles. The number of ether oxygens (including phenoxy) is 1. The Morgan fingerprint density at radius 2 is 2.27 bits per heavy atom. The number of hydrogen-bond donors (Lipinski definition) is 1. The number of hydrogen-bond acceptors (Lipinski definition) is 3. The third-order valence-electron chi connectivity index (χ3n) is 3.79. The molecule has 2 aliphatic rings. The number of likely N-dealkylation sites (N-methyl/N-ethyl adjacent to an activating group) is 2. The van der Waals surface area contributed by atoms with Gasteiger partial charge in [0.1, 0.15) is 0 Å². The molecule has 0 radical (unpaired) electrons. The average Bonchev–Trinajstić information content (AvgIpc) is 2.14. The minimum absolute atomic E-state index is 0.411.